The van der Waals surface area contributed by atoms with Gasteiger partial charge in [0, 0.05) is 18.5 Å². The summed E-state index contributed by atoms with van der Waals surface area (Å²) in [5.41, 5.74) is 5.30. The van der Waals surface area contributed by atoms with Crippen molar-refractivity contribution in [3.63, 3.8) is 0 Å². The molecule has 110 valence electrons. The maximum absolute atomic E-state index is 5.57. The van der Waals surface area contributed by atoms with Gasteiger partial charge in [-0.15, -0.1) is 0 Å². The SMILES string of the molecule is Cc1ccc(C(C)NC(C)c2ccc3c(c2)CCO3)cc1. The molecule has 3 rings (SSSR count). The summed E-state index contributed by atoms with van der Waals surface area (Å²) in [5.74, 6) is 1.05. The molecule has 21 heavy (non-hydrogen) atoms. The van der Waals surface area contributed by atoms with Crippen LogP contribution in [0, 0.1) is 6.92 Å². The van der Waals surface area contributed by atoms with Crippen LogP contribution in [0.2, 0.25) is 0 Å². The molecule has 0 aliphatic carbocycles. The average Bonchev–Trinajstić information content (AvgIpc) is 2.95. The molecule has 0 amide bonds. The highest BCUT2D eigenvalue weighted by Gasteiger charge is 2.16. The third-order valence-corrected chi connectivity index (χ3v) is 4.29. The van der Waals surface area contributed by atoms with E-state index in [1.54, 1.807) is 0 Å². The molecule has 2 aromatic carbocycles. The van der Waals surface area contributed by atoms with E-state index < -0.39 is 0 Å². The molecule has 0 saturated heterocycles. The van der Waals surface area contributed by atoms with Gasteiger partial charge in [0.1, 0.15) is 5.75 Å². The van der Waals surface area contributed by atoms with Crippen molar-refractivity contribution >= 4 is 0 Å². The van der Waals surface area contributed by atoms with Crippen molar-refractivity contribution in [3.8, 4) is 5.75 Å². The predicted molar refractivity (Wildman–Crippen MR) is 86.8 cm³/mol. The molecule has 0 bridgehead atoms. The first-order valence-corrected chi connectivity index (χ1v) is 7.72. The number of hydrogen-bond donors (Lipinski definition) is 1. The Morgan fingerprint density at radius 2 is 1.62 bits per heavy atom. The first-order valence-electron chi connectivity index (χ1n) is 7.72. The van der Waals surface area contributed by atoms with E-state index in [0.29, 0.717) is 12.1 Å². The molecule has 1 N–H and O–H groups in total. The van der Waals surface area contributed by atoms with Crippen LogP contribution in [-0.4, -0.2) is 6.61 Å². The fourth-order valence-electron chi connectivity index (χ4n) is 2.90. The van der Waals surface area contributed by atoms with Crippen LogP contribution in [0.25, 0.3) is 0 Å². The largest absolute Gasteiger partial charge is 0.493 e. The Bertz CT molecular complexity index is 618. The highest BCUT2D eigenvalue weighted by molar-refractivity contribution is 5.40. The molecule has 0 spiro atoms. The van der Waals surface area contributed by atoms with E-state index in [9.17, 15) is 0 Å². The van der Waals surface area contributed by atoms with Crippen LogP contribution in [-0.2, 0) is 6.42 Å². The molecule has 2 atom stereocenters. The van der Waals surface area contributed by atoms with E-state index in [0.717, 1.165) is 18.8 Å². The number of fused-ring (bicyclic) bond motifs is 1. The lowest BCUT2D eigenvalue weighted by Gasteiger charge is -2.21. The van der Waals surface area contributed by atoms with Gasteiger partial charge in [-0.05, 0) is 43.5 Å². The van der Waals surface area contributed by atoms with Crippen LogP contribution in [0.15, 0.2) is 42.5 Å². The van der Waals surface area contributed by atoms with Gasteiger partial charge < -0.3 is 10.1 Å². The van der Waals surface area contributed by atoms with E-state index in [2.05, 4.69) is 68.6 Å². The van der Waals surface area contributed by atoms with E-state index in [-0.39, 0.29) is 0 Å². The smallest absolute Gasteiger partial charge is 0.122 e. The van der Waals surface area contributed by atoms with Crippen molar-refractivity contribution in [2.75, 3.05) is 6.61 Å². The third kappa shape index (κ3) is 3.11. The van der Waals surface area contributed by atoms with Crippen molar-refractivity contribution in [2.45, 2.75) is 39.3 Å². The monoisotopic (exact) mass is 281 g/mol. The Hall–Kier alpha value is -1.80. The Balaban J connectivity index is 1.70. The minimum absolute atomic E-state index is 0.326. The zero-order valence-corrected chi connectivity index (χ0v) is 13.0. The lowest BCUT2D eigenvalue weighted by molar-refractivity contribution is 0.356. The van der Waals surface area contributed by atoms with Gasteiger partial charge in [-0.25, -0.2) is 0 Å². The van der Waals surface area contributed by atoms with Crippen molar-refractivity contribution in [1.82, 2.24) is 5.32 Å². The summed E-state index contributed by atoms with van der Waals surface area (Å²) in [6.45, 7) is 7.39. The normalized spacial score (nSPS) is 16.1. The number of nitrogens with one attached hydrogen (secondary N) is 1. The highest BCUT2D eigenvalue weighted by atomic mass is 16.5. The Morgan fingerprint density at radius 1 is 0.952 bits per heavy atom. The van der Waals surface area contributed by atoms with Crippen LogP contribution in [0.3, 0.4) is 0 Å². The summed E-state index contributed by atoms with van der Waals surface area (Å²) < 4.78 is 5.57. The van der Waals surface area contributed by atoms with Gasteiger partial charge in [0.25, 0.3) is 0 Å². The lowest BCUT2D eigenvalue weighted by atomic mass is 10.0. The molecule has 0 radical (unpaired) electrons. The Morgan fingerprint density at radius 3 is 2.38 bits per heavy atom. The molecule has 0 saturated carbocycles. The highest BCUT2D eigenvalue weighted by Crippen LogP contribution is 2.29. The second kappa shape index (κ2) is 5.90. The molecule has 2 heteroatoms. The predicted octanol–water partition coefficient (Wildman–Crippen LogP) is 4.34. The van der Waals surface area contributed by atoms with E-state index >= 15 is 0 Å². The summed E-state index contributed by atoms with van der Waals surface area (Å²) in [6, 6.07) is 16.0. The summed E-state index contributed by atoms with van der Waals surface area (Å²) >= 11 is 0. The van der Waals surface area contributed by atoms with Crippen molar-refractivity contribution in [2.24, 2.45) is 0 Å². The van der Waals surface area contributed by atoms with Crippen LogP contribution in [0.5, 0.6) is 5.75 Å². The summed E-state index contributed by atoms with van der Waals surface area (Å²) in [6.07, 6.45) is 1.03. The maximum Gasteiger partial charge on any atom is 0.122 e. The topological polar surface area (TPSA) is 21.3 Å². The van der Waals surface area contributed by atoms with Gasteiger partial charge >= 0.3 is 0 Å². The van der Waals surface area contributed by atoms with Crippen molar-refractivity contribution in [1.29, 1.82) is 0 Å². The molecule has 0 aromatic heterocycles. The van der Waals surface area contributed by atoms with E-state index in [1.165, 1.54) is 22.3 Å². The van der Waals surface area contributed by atoms with Crippen LogP contribution in [0.1, 0.15) is 48.2 Å². The second-order valence-electron chi connectivity index (χ2n) is 5.99. The first kappa shape index (κ1) is 14.2. The zero-order chi connectivity index (χ0) is 14.8. The lowest BCUT2D eigenvalue weighted by Crippen LogP contribution is -2.22. The molecule has 2 nitrogen and oxygen atoms in total. The average molecular weight is 281 g/mol. The maximum atomic E-state index is 5.57. The van der Waals surface area contributed by atoms with Crippen LogP contribution >= 0.6 is 0 Å². The molecule has 1 aliphatic rings. The molecule has 2 aromatic rings. The number of aryl methyl sites for hydroxylation is 1. The molecule has 0 fully saturated rings. The van der Waals surface area contributed by atoms with Crippen molar-refractivity contribution < 1.29 is 4.74 Å². The van der Waals surface area contributed by atoms with E-state index in [4.69, 9.17) is 4.74 Å². The third-order valence-electron chi connectivity index (χ3n) is 4.29. The molecule has 1 heterocycles. The number of rotatable bonds is 4. The van der Waals surface area contributed by atoms with Gasteiger partial charge in [-0.1, -0.05) is 42.0 Å². The van der Waals surface area contributed by atoms with E-state index in [1.807, 2.05) is 0 Å². The minimum atomic E-state index is 0.326. The second-order valence-corrected chi connectivity index (χ2v) is 5.99. The number of hydrogen-bond acceptors (Lipinski definition) is 2. The fourth-order valence-corrected chi connectivity index (χ4v) is 2.90. The molecule has 2 unspecified atom stereocenters. The summed E-state index contributed by atoms with van der Waals surface area (Å²) in [5, 5.41) is 3.68. The quantitative estimate of drug-likeness (QED) is 0.900. The van der Waals surface area contributed by atoms with Crippen molar-refractivity contribution in [3.05, 3.63) is 64.7 Å². The zero-order valence-electron chi connectivity index (χ0n) is 13.0. The minimum Gasteiger partial charge on any atom is -0.493 e. The molecule has 1 aliphatic heterocycles. The Kier molecular flexibility index (Phi) is 3.98. The van der Waals surface area contributed by atoms with Gasteiger partial charge in [-0.2, -0.15) is 0 Å². The number of ether oxygens (including phenoxy) is 1. The van der Waals surface area contributed by atoms with Crippen LogP contribution < -0.4 is 10.1 Å². The molecular weight excluding hydrogens is 258 g/mol. The van der Waals surface area contributed by atoms with Gasteiger partial charge in [-0.3, -0.25) is 0 Å². The van der Waals surface area contributed by atoms with Gasteiger partial charge in [0.2, 0.25) is 0 Å². The van der Waals surface area contributed by atoms with Crippen LogP contribution in [0.4, 0.5) is 0 Å². The van der Waals surface area contributed by atoms with Gasteiger partial charge in [0.05, 0.1) is 6.61 Å². The summed E-state index contributed by atoms with van der Waals surface area (Å²) in [7, 11) is 0. The summed E-state index contributed by atoms with van der Waals surface area (Å²) in [4.78, 5) is 0. The fraction of sp³-hybridized carbons (Fsp3) is 0.368. The first-order chi connectivity index (χ1) is 10.1. The number of benzene rings is 2. The van der Waals surface area contributed by atoms with Gasteiger partial charge in [0.15, 0.2) is 0 Å². The molecular formula is C19H23NO. The standard InChI is InChI=1S/C19H23NO/c1-13-4-6-16(7-5-13)14(2)20-15(3)17-8-9-19-18(12-17)10-11-21-19/h4-9,12,14-15,20H,10-11H2,1-3H3. The Labute approximate surface area is 127 Å².